The quantitative estimate of drug-likeness (QED) is 0.374. The predicted octanol–water partition coefficient (Wildman–Crippen LogP) is 6.05. The topological polar surface area (TPSA) is 42.4 Å². The van der Waals surface area contributed by atoms with Gasteiger partial charge < -0.3 is 4.74 Å². The number of thiophene rings is 1. The molecule has 2 aromatic heterocycles. The van der Waals surface area contributed by atoms with Crippen molar-refractivity contribution in [2.45, 2.75) is 19.8 Å². The summed E-state index contributed by atoms with van der Waals surface area (Å²) in [5, 5.41) is 4.79. The minimum Gasteiger partial charge on any atom is -0.492 e. The number of fused-ring (bicyclic) bond motifs is 1. The van der Waals surface area contributed by atoms with Gasteiger partial charge in [0.1, 0.15) is 5.75 Å². The van der Waals surface area contributed by atoms with Crippen molar-refractivity contribution in [1.82, 2.24) is 4.98 Å². The lowest BCUT2D eigenvalue weighted by Crippen LogP contribution is -2.26. The first-order chi connectivity index (χ1) is 13.8. The van der Waals surface area contributed by atoms with Crippen molar-refractivity contribution >= 4 is 49.6 Å². The van der Waals surface area contributed by atoms with Gasteiger partial charge >= 0.3 is 0 Å². The first-order valence-electron chi connectivity index (χ1n) is 9.17. The Morgan fingerprint density at radius 3 is 2.71 bits per heavy atom. The molecule has 0 unspecified atom stereocenters. The maximum absolute atomic E-state index is 13.3. The van der Waals surface area contributed by atoms with E-state index in [1.807, 2.05) is 60.8 Å². The van der Waals surface area contributed by atoms with Gasteiger partial charge in [0.2, 0.25) is 5.91 Å². The minimum atomic E-state index is 0.0115. The van der Waals surface area contributed by atoms with E-state index in [1.54, 1.807) is 16.2 Å². The molecule has 0 aliphatic heterocycles. The Balaban J connectivity index is 1.73. The number of amides is 1. The largest absolute Gasteiger partial charge is 0.492 e. The lowest BCUT2D eigenvalue weighted by molar-refractivity contribution is -0.117. The summed E-state index contributed by atoms with van der Waals surface area (Å²) in [5.74, 6) is 0.700. The third-order valence-electron chi connectivity index (χ3n) is 4.34. The number of carbonyl (C=O) groups is 1. The Kier molecular flexibility index (Phi) is 5.69. The molecule has 1 amide bonds. The molecule has 2 heterocycles. The van der Waals surface area contributed by atoms with Crippen LogP contribution in [0.5, 0.6) is 5.75 Å². The fraction of sp³-hybridized carbons (Fsp3) is 0.182. The second-order valence-corrected chi connectivity index (χ2v) is 8.01. The van der Waals surface area contributed by atoms with Crippen LogP contribution in [0.1, 0.15) is 18.9 Å². The molecule has 0 spiro atoms. The average Bonchev–Trinajstić information content (AvgIpc) is 3.37. The summed E-state index contributed by atoms with van der Waals surface area (Å²) in [7, 11) is 0. The van der Waals surface area contributed by atoms with Crippen LogP contribution in [0, 0.1) is 0 Å². The molecule has 6 heteroatoms. The first kappa shape index (κ1) is 18.7. The Labute approximate surface area is 172 Å². The number of benzene rings is 2. The molecule has 0 aliphatic carbocycles. The summed E-state index contributed by atoms with van der Waals surface area (Å²) in [4.78, 5) is 19.8. The number of aryl methyl sites for hydroxylation is 1. The van der Waals surface area contributed by atoms with E-state index in [1.165, 1.54) is 16.9 Å². The van der Waals surface area contributed by atoms with Gasteiger partial charge in [0.25, 0.3) is 0 Å². The summed E-state index contributed by atoms with van der Waals surface area (Å²) in [6.07, 6.45) is 1.12. The number of hydrogen-bond acceptors (Lipinski definition) is 5. The highest BCUT2D eigenvalue weighted by molar-refractivity contribution is 7.22. The second-order valence-electron chi connectivity index (χ2n) is 6.23. The van der Waals surface area contributed by atoms with Crippen LogP contribution in [0.4, 0.5) is 10.8 Å². The fourth-order valence-electron chi connectivity index (χ4n) is 3.02. The van der Waals surface area contributed by atoms with E-state index in [4.69, 9.17) is 9.72 Å². The number of thiazole rings is 1. The Bertz CT molecular complexity index is 1040. The molecular weight excluding hydrogens is 388 g/mol. The van der Waals surface area contributed by atoms with Gasteiger partial charge in [0.05, 0.1) is 22.5 Å². The molecule has 0 fully saturated rings. The molecule has 0 saturated carbocycles. The number of anilines is 2. The maximum Gasteiger partial charge on any atom is 0.233 e. The number of hydrogen-bond donors (Lipinski definition) is 0. The van der Waals surface area contributed by atoms with Gasteiger partial charge in [0.15, 0.2) is 5.13 Å². The highest BCUT2D eigenvalue weighted by Crippen LogP contribution is 2.38. The van der Waals surface area contributed by atoms with Crippen molar-refractivity contribution in [2.24, 2.45) is 0 Å². The molecule has 0 atom stereocenters. The van der Waals surface area contributed by atoms with Crippen LogP contribution in [0.3, 0.4) is 0 Å². The van der Waals surface area contributed by atoms with Gasteiger partial charge in [-0.05, 0) is 60.0 Å². The van der Waals surface area contributed by atoms with Crippen LogP contribution < -0.4 is 9.64 Å². The van der Waals surface area contributed by atoms with Gasteiger partial charge in [-0.3, -0.25) is 9.69 Å². The maximum atomic E-state index is 13.3. The zero-order chi connectivity index (χ0) is 19.3. The van der Waals surface area contributed by atoms with E-state index >= 15 is 0 Å². The molecule has 4 rings (SSSR count). The van der Waals surface area contributed by atoms with Crippen LogP contribution in [-0.2, 0) is 11.2 Å². The molecule has 0 N–H and O–H groups in total. The smallest absolute Gasteiger partial charge is 0.233 e. The summed E-state index contributed by atoms with van der Waals surface area (Å²) in [6.45, 7) is 2.48. The molecule has 0 bridgehead atoms. The van der Waals surface area contributed by atoms with Gasteiger partial charge in [-0.15, -0.1) is 0 Å². The predicted molar refractivity (Wildman–Crippen MR) is 117 cm³/mol. The molecule has 0 aliphatic rings. The third kappa shape index (κ3) is 3.93. The highest BCUT2D eigenvalue weighted by atomic mass is 32.1. The second kappa shape index (κ2) is 8.54. The van der Waals surface area contributed by atoms with Gasteiger partial charge in [-0.25, -0.2) is 4.98 Å². The van der Waals surface area contributed by atoms with Crippen molar-refractivity contribution < 1.29 is 9.53 Å². The number of nitrogens with zero attached hydrogens (tertiary/aromatic N) is 2. The van der Waals surface area contributed by atoms with Crippen molar-refractivity contribution in [3.05, 3.63) is 70.9 Å². The Morgan fingerprint density at radius 2 is 1.93 bits per heavy atom. The minimum absolute atomic E-state index is 0.0115. The van der Waals surface area contributed by atoms with E-state index in [0.29, 0.717) is 30.3 Å². The number of aromatic nitrogens is 1. The van der Waals surface area contributed by atoms with Gasteiger partial charge in [-0.1, -0.05) is 35.6 Å². The summed E-state index contributed by atoms with van der Waals surface area (Å²) in [6, 6.07) is 17.7. The number of ether oxygens (including phenoxy) is 1. The monoisotopic (exact) mass is 408 g/mol. The number of carbonyl (C=O) groups excluding carboxylic acids is 1. The van der Waals surface area contributed by atoms with E-state index < -0.39 is 0 Å². The molecule has 0 radical (unpaired) electrons. The molecule has 2 aromatic carbocycles. The number of para-hydroxylation sites is 3. The zero-order valence-corrected chi connectivity index (χ0v) is 17.1. The van der Waals surface area contributed by atoms with E-state index in [9.17, 15) is 4.79 Å². The van der Waals surface area contributed by atoms with Crippen LogP contribution in [0.2, 0.25) is 0 Å². The summed E-state index contributed by atoms with van der Waals surface area (Å²) >= 11 is 3.17. The fourth-order valence-corrected chi connectivity index (χ4v) is 4.72. The van der Waals surface area contributed by atoms with Crippen LogP contribution in [-0.4, -0.2) is 17.5 Å². The highest BCUT2D eigenvalue weighted by Gasteiger charge is 2.24. The normalized spacial score (nSPS) is 10.9. The molecule has 4 nitrogen and oxygen atoms in total. The van der Waals surface area contributed by atoms with Gasteiger partial charge in [0, 0.05) is 6.42 Å². The summed E-state index contributed by atoms with van der Waals surface area (Å²) < 4.78 is 6.86. The van der Waals surface area contributed by atoms with E-state index in [2.05, 4.69) is 11.4 Å². The van der Waals surface area contributed by atoms with Crippen LogP contribution in [0.25, 0.3) is 10.2 Å². The first-order valence-corrected chi connectivity index (χ1v) is 10.9. The molecule has 4 aromatic rings. The van der Waals surface area contributed by atoms with Crippen LogP contribution >= 0.6 is 22.7 Å². The average molecular weight is 409 g/mol. The molecule has 142 valence electrons. The van der Waals surface area contributed by atoms with Crippen molar-refractivity contribution in [2.75, 3.05) is 11.5 Å². The van der Waals surface area contributed by atoms with Crippen molar-refractivity contribution in [3.8, 4) is 5.75 Å². The van der Waals surface area contributed by atoms with Crippen LogP contribution in [0.15, 0.2) is 65.4 Å². The van der Waals surface area contributed by atoms with Crippen molar-refractivity contribution in [1.29, 1.82) is 0 Å². The molecule has 28 heavy (non-hydrogen) atoms. The van der Waals surface area contributed by atoms with Crippen molar-refractivity contribution in [3.63, 3.8) is 0 Å². The lowest BCUT2D eigenvalue weighted by atomic mass is 10.1. The third-order valence-corrected chi connectivity index (χ3v) is 6.09. The zero-order valence-electron chi connectivity index (χ0n) is 15.5. The Morgan fingerprint density at radius 1 is 1.11 bits per heavy atom. The SMILES string of the molecule is CCOc1ccccc1N(C(=O)CCc1ccsc1)c1nc2ccccc2s1. The molecule has 0 saturated heterocycles. The molecular formula is C22H20N2O2S2. The lowest BCUT2D eigenvalue weighted by Gasteiger charge is -2.22. The number of rotatable bonds is 7. The standard InChI is InChI=1S/C22H20N2O2S2/c1-2-26-19-9-5-4-8-18(19)24(21(25)12-11-16-13-14-27-15-16)22-23-17-7-3-6-10-20(17)28-22/h3-10,13-15H,2,11-12H2,1H3. The van der Waals surface area contributed by atoms with E-state index in [0.717, 1.165) is 15.9 Å². The van der Waals surface area contributed by atoms with Gasteiger partial charge in [-0.2, -0.15) is 11.3 Å². The Hall–Kier alpha value is -2.70. The van der Waals surface area contributed by atoms with E-state index in [-0.39, 0.29) is 5.91 Å². The summed E-state index contributed by atoms with van der Waals surface area (Å²) in [5.41, 5.74) is 2.81.